The minimum Gasteiger partial charge on any atom is -0.493 e. The van der Waals surface area contributed by atoms with Gasteiger partial charge in [0.2, 0.25) is 5.91 Å². The lowest BCUT2D eigenvalue weighted by atomic mass is 10.1. The first-order valence-corrected chi connectivity index (χ1v) is 11.0. The molecule has 0 saturated heterocycles. The zero-order valence-electron chi connectivity index (χ0n) is 17.1. The van der Waals surface area contributed by atoms with Crippen LogP contribution in [0.3, 0.4) is 0 Å². The highest BCUT2D eigenvalue weighted by Crippen LogP contribution is 2.32. The van der Waals surface area contributed by atoms with E-state index in [9.17, 15) is 4.79 Å². The van der Waals surface area contributed by atoms with Crippen molar-refractivity contribution in [1.29, 1.82) is 0 Å². The molecule has 4 rings (SSSR count). The number of rotatable bonds is 7. The van der Waals surface area contributed by atoms with Crippen molar-refractivity contribution in [1.82, 2.24) is 4.98 Å². The highest BCUT2D eigenvalue weighted by molar-refractivity contribution is 7.15. The molecule has 2 aromatic heterocycles. The summed E-state index contributed by atoms with van der Waals surface area (Å²) in [7, 11) is 1.55. The lowest BCUT2D eigenvalue weighted by Gasteiger charge is -2.00. The number of aromatic nitrogens is 1. The Hall–Kier alpha value is -3.09. The number of nitrogens with one attached hydrogen (secondary N) is 1. The number of halogens is 1. The van der Waals surface area contributed by atoms with Crippen molar-refractivity contribution < 1.29 is 13.9 Å². The van der Waals surface area contributed by atoms with Crippen LogP contribution in [0.1, 0.15) is 28.7 Å². The molecule has 0 aliphatic carbocycles. The largest absolute Gasteiger partial charge is 0.493 e. The van der Waals surface area contributed by atoms with E-state index in [-0.39, 0.29) is 5.91 Å². The van der Waals surface area contributed by atoms with Gasteiger partial charge < -0.3 is 9.15 Å². The summed E-state index contributed by atoms with van der Waals surface area (Å²) in [6.45, 7) is 2.14. The first kappa shape index (κ1) is 21.2. The average molecular weight is 453 g/mol. The molecule has 0 atom stereocenters. The Morgan fingerprint density at radius 1 is 1.23 bits per heavy atom. The summed E-state index contributed by atoms with van der Waals surface area (Å²) in [5, 5.41) is 4.72. The van der Waals surface area contributed by atoms with Crippen molar-refractivity contribution in [3.05, 3.63) is 81.5 Å². The van der Waals surface area contributed by atoms with Crippen LogP contribution in [-0.2, 0) is 17.6 Å². The zero-order chi connectivity index (χ0) is 21.8. The maximum atomic E-state index is 12.3. The van der Waals surface area contributed by atoms with Gasteiger partial charge in [-0.05, 0) is 35.8 Å². The van der Waals surface area contributed by atoms with Gasteiger partial charge >= 0.3 is 0 Å². The quantitative estimate of drug-likeness (QED) is 0.331. The summed E-state index contributed by atoms with van der Waals surface area (Å²) >= 11 is 7.55. The number of fused-ring (bicyclic) bond motifs is 1. The Balaban J connectivity index is 1.39. The molecule has 0 spiro atoms. The van der Waals surface area contributed by atoms with Crippen LogP contribution >= 0.6 is 22.9 Å². The van der Waals surface area contributed by atoms with E-state index < -0.39 is 0 Å². The summed E-state index contributed by atoms with van der Waals surface area (Å²) in [4.78, 5) is 17.7. The number of anilines is 1. The number of nitrogens with zero attached hydrogens (tertiary/aromatic N) is 1. The van der Waals surface area contributed by atoms with E-state index in [0.717, 1.165) is 23.1 Å². The fraction of sp³-hybridized carbons (Fsp3) is 0.167. The number of carbonyl (C=O) groups excluding carboxylic acids is 1. The summed E-state index contributed by atoms with van der Waals surface area (Å²) in [5.74, 6) is 0.797. The lowest BCUT2D eigenvalue weighted by molar-refractivity contribution is -0.111. The molecule has 0 bridgehead atoms. The summed E-state index contributed by atoms with van der Waals surface area (Å²) < 4.78 is 11.1. The van der Waals surface area contributed by atoms with Gasteiger partial charge in [0.1, 0.15) is 5.76 Å². The Bertz CT molecular complexity index is 1240. The molecule has 4 aromatic rings. The first-order valence-electron chi connectivity index (χ1n) is 9.82. The molecule has 1 N–H and O–H groups in total. The second-order valence-corrected chi connectivity index (χ2v) is 8.53. The Kier molecular flexibility index (Phi) is 6.39. The third kappa shape index (κ3) is 5.16. The fourth-order valence-corrected chi connectivity index (χ4v) is 4.25. The highest BCUT2D eigenvalue weighted by Gasteiger charge is 2.10. The SMILES string of the molecule is CCc1ccc(Cc2cnc(NC(=O)/C=C/c3cc4cc(Cl)cc(OC)c4o3)s2)cc1. The van der Waals surface area contributed by atoms with Crippen molar-refractivity contribution in [2.75, 3.05) is 12.4 Å². The number of methoxy groups -OCH3 is 1. The van der Waals surface area contributed by atoms with Crippen LogP contribution < -0.4 is 10.1 Å². The predicted molar refractivity (Wildman–Crippen MR) is 126 cm³/mol. The lowest BCUT2D eigenvalue weighted by Crippen LogP contribution is -2.06. The number of furan rings is 1. The van der Waals surface area contributed by atoms with Gasteiger partial charge in [-0.25, -0.2) is 4.98 Å². The molecule has 0 radical (unpaired) electrons. The highest BCUT2D eigenvalue weighted by atomic mass is 35.5. The van der Waals surface area contributed by atoms with Gasteiger partial charge in [0.25, 0.3) is 0 Å². The van der Waals surface area contributed by atoms with E-state index in [1.807, 2.05) is 0 Å². The van der Waals surface area contributed by atoms with Crippen LogP contribution in [0, 0.1) is 0 Å². The molecule has 0 saturated carbocycles. The van der Waals surface area contributed by atoms with Crippen LogP contribution in [0.15, 0.2) is 59.2 Å². The van der Waals surface area contributed by atoms with E-state index in [1.54, 1.807) is 37.6 Å². The summed E-state index contributed by atoms with van der Waals surface area (Å²) in [6, 6.07) is 13.8. The van der Waals surface area contributed by atoms with Crippen molar-refractivity contribution in [2.24, 2.45) is 0 Å². The first-order chi connectivity index (χ1) is 15.0. The molecule has 2 aromatic carbocycles. The second-order valence-electron chi connectivity index (χ2n) is 6.98. The van der Waals surface area contributed by atoms with E-state index in [4.69, 9.17) is 20.8 Å². The van der Waals surface area contributed by atoms with Gasteiger partial charge in [0, 0.05) is 40.0 Å². The number of amides is 1. The Labute approximate surface area is 189 Å². The molecule has 31 heavy (non-hydrogen) atoms. The van der Waals surface area contributed by atoms with Crippen LogP contribution in [0.4, 0.5) is 5.13 Å². The van der Waals surface area contributed by atoms with Crippen molar-refractivity contribution in [3.63, 3.8) is 0 Å². The zero-order valence-corrected chi connectivity index (χ0v) is 18.7. The van der Waals surface area contributed by atoms with Crippen molar-refractivity contribution in [3.8, 4) is 5.75 Å². The second kappa shape index (κ2) is 9.37. The monoisotopic (exact) mass is 452 g/mol. The standard InChI is InChI=1S/C24H21ClN2O3S/c1-3-15-4-6-16(7-5-15)10-20-14-26-24(31-20)27-22(28)9-8-19-12-17-11-18(25)13-21(29-2)23(17)30-19/h4-9,11-14H,3,10H2,1-2H3,(H,26,27,28)/b9-8+. The third-order valence-electron chi connectivity index (χ3n) is 4.78. The smallest absolute Gasteiger partial charge is 0.250 e. The topological polar surface area (TPSA) is 64.4 Å². The van der Waals surface area contributed by atoms with E-state index in [0.29, 0.717) is 27.2 Å². The molecular formula is C24H21ClN2O3S. The maximum Gasteiger partial charge on any atom is 0.250 e. The van der Waals surface area contributed by atoms with E-state index >= 15 is 0 Å². The molecule has 1 amide bonds. The number of hydrogen-bond acceptors (Lipinski definition) is 5. The van der Waals surface area contributed by atoms with E-state index in [1.165, 1.54) is 28.5 Å². The van der Waals surface area contributed by atoms with Crippen LogP contribution in [-0.4, -0.2) is 18.0 Å². The van der Waals surface area contributed by atoms with Gasteiger partial charge in [-0.2, -0.15) is 0 Å². The molecule has 0 aliphatic heterocycles. The number of hydrogen-bond donors (Lipinski definition) is 1. The molecule has 158 valence electrons. The van der Waals surface area contributed by atoms with Gasteiger partial charge in [0.05, 0.1) is 7.11 Å². The van der Waals surface area contributed by atoms with Crippen LogP contribution in [0.25, 0.3) is 17.0 Å². The predicted octanol–water partition coefficient (Wildman–Crippen LogP) is 6.36. The van der Waals surface area contributed by atoms with Crippen LogP contribution in [0.5, 0.6) is 5.75 Å². The molecule has 7 heteroatoms. The minimum atomic E-state index is -0.279. The summed E-state index contributed by atoms with van der Waals surface area (Å²) in [6.07, 6.45) is 6.63. The normalized spacial score (nSPS) is 11.3. The van der Waals surface area contributed by atoms with E-state index in [2.05, 4.69) is 41.5 Å². The number of aryl methyl sites for hydroxylation is 1. The Morgan fingerprint density at radius 2 is 2.00 bits per heavy atom. The molecular weight excluding hydrogens is 432 g/mol. The molecule has 0 fully saturated rings. The van der Waals surface area contributed by atoms with Crippen molar-refractivity contribution in [2.45, 2.75) is 19.8 Å². The fourth-order valence-electron chi connectivity index (χ4n) is 3.19. The average Bonchev–Trinajstić information content (AvgIpc) is 3.38. The maximum absolute atomic E-state index is 12.3. The molecule has 0 aliphatic rings. The molecule has 2 heterocycles. The number of thiazole rings is 1. The minimum absolute atomic E-state index is 0.279. The Morgan fingerprint density at radius 3 is 2.74 bits per heavy atom. The van der Waals surface area contributed by atoms with Gasteiger partial charge in [0.15, 0.2) is 16.5 Å². The van der Waals surface area contributed by atoms with Gasteiger partial charge in [-0.3, -0.25) is 10.1 Å². The summed E-state index contributed by atoms with van der Waals surface area (Å²) in [5.41, 5.74) is 3.13. The number of carbonyl (C=O) groups is 1. The van der Waals surface area contributed by atoms with Gasteiger partial charge in [-0.15, -0.1) is 11.3 Å². The van der Waals surface area contributed by atoms with Crippen LogP contribution in [0.2, 0.25) is 5.02 Å². The molecule has 5 nitrogen and oxygen atoms in total. The number of ether oxygens (including phenoxy) is 1. The van der Waals surface area contributed by atoms with Crippen molar-refractivity contribution >= 4 is 51.0 Å². The number of benzene rings is 2. The van der Waals surface area contributed by atoms with Gasteiger partial charge in [-0.1, -0.05) is 42.8 Å². The third-order valence-corrected chi connectivity index (χ3v) is 5.91. The molecule has 0 unspecified atom stereocenters.